The van der Waals surface area contributed by atoms with Crippen LogP contribution in [-0.2, 0) is 0 Å². The SMILES string of the molecule is O=C(c1c[nH]c2cc(I)ccc12)C(F)(F)F. The average molecular weight is 339 g/mol. The molecule has 0 aliphatic carbocycles. The zero-order valence-corrected chi connectivity index (χ0v) is 9.89. The quantitative estimate of drug-likeness (QED) is 0.626. The van der Waals surface area contributed by atoms with Crippen molar-refractivity contribution in [1.29, 1.82) is 0 Å². The highest BCUT2D eigenvalue weighted by atomic mass is 127. The first kappa shape index (κ1) is 11.4. The minimum atomic E-state index is -4.84. The number of rotatable bonds is 1. The van der Waals surface area contributed by atoms with Crippen molar-refractivity contribution >= 4 is 39.3 Å². The standard InChI is InChI=1S/C10H5F3INO/c11-10(12,13)9(16)7-4-15-8-3-5(14)1-2-6(7)8/h1-4,15H. The van der Waals surface area contributed by atoms with E-state index in [1.807, 2.05) is 22.6 Å². The van der Waals surface area contributed by atoms with Crippen LogP contribution in [0, 0.1) is 3.57 Å². The van der Waals surface area contributed by atoms with Crippen molar-refractivity contribution in [2.24, 2.45) is 0 Å². The molecule has 1 aromatic carbocycles. The number of fused-ring (bicyclic) bond motifs is 1. The van der Waals surface area contributed by atoms with Crippen LogP contribution in [0.25, 0.3) is 10.9 Å². The Hall–Kier alpha value is -1.05. The zero-order chi connectivity index (χ0) is 11.9. The molecule has 0 saturated heterocycles. The lowest BCUT2D eigenvalue weighted by Crippen LogP contribution is -2.22. The molecule has 1 N–H and O–H groups in total. The molecule has 0 unspecified atom stereocenters. The summed E-state index contributed by atoms with van der Waals surface area (Å²) in [5.41, 5.74) is 0.193. The molecule has 84 valence electrons. The fourth-order valence-corrected chi connectivity index (χ4v) is 1.93. The first-order chi connectivity index (χ1) is 7.39. The van der Waals surface area contributed by atoms with E-state index in [2.05, 4.69) is 4.98 Å². The number of hydrogen-bond acceptors (Lipinski definition) is 1. The molecule has 2 nitrogen and oxygen atoms in total. The third-order valence-electron chi connectivity index (χ3n) is 2.15. The molecule has 1 aromatic heterocycles. The molecule has 0 aliphatic rings. The van der Waals surface area contributed by atoms with Crippen molar-refractivity contribution in [2.45, 2.75) is 6.18 Å². The highest BCUT2D eigenvalue weighted by Gasteiger charge is 2.40. The lowest BCUT2D eigenvalue weighted by molar-refractivity contribution is -0.0884. The van der Waals surface area contributed by atoms with Gasteiger partial charge in [-0.25, -0.2) is 0 Å². The molecule has 1 heterocycles. The minimum absolute atomic E-state index is 0.294. The Kier molecular flexibility index (Phi) is 2.69. The number of hydrogen-bond donors (Lipinski definition) is 1. The number of aromatic nitrogens is 1. The number of Topliss-reactive ketones (excluding diaryl/α,β-unsaturated/α-hetero) is 1. The summed E-state index contributed by atoms with van der Waals surface area (Å²) in [6, 6.07) is 4.85. The predicted molar refractivity (Wildman–Crippen MR) is 61.4 cm³/mol. The van der Waals surface area contributed by atoms with Crippen molar-refractivity contribution in [3.05, 3.63) is 33.5 Å². The zero-order valence-electron chi connectivity index (χ0n) is 7.73. The molecule has 0 spiro atoms. The molecule has 16 heavy (non-hydrogen) atoms. The fraction of sp³-hybridized carbons (Fsp3) is 0.100. The largest absolute Gasteiger partial charge is 0.454 e. The lowest BCUT2D eigenvalue weighted by Gasteiger charge is -2.03. The van der Waals surface area contributed by atoms with Crippen LogP contribution in [0.1, 0.15) is 10.4 Å². The van der Waals surface area contributed by atoms with Crippen molar-refractivity contribution < 1.29 is 18.0 Å². The van der Waals surface area contributed by atoms with Gasteiger partial charge in [0.1, 0.15) is 0 Å². The fourth-order valence-electron chi connectivity index (χ4n) is 1.44. The molecule has 0 aliphatic heterocycles. The third-order valence-corrected chi connectivity index (χ3v) is 2.82. The molecule has 0 fully saturated rings. The molecule has 0 amide bonds. The summed E-state index contributed by atoms with van der Waals surface area (Å²) < 4.78 is 37.7. The van der Waals surface area contributed by atoms with Gasteiger partial charge in [-0.1, -0.05) is 6.07 Å². The van der Waals surface area contributed by atoms with E-state index in [0.29, 0.717) is 10.9 Å². The van der Waals surface area contributed by atoms with E-state index < -0.39 is 12.0 Å². The summed E-state index contributed by atoms with van der Waals surface area (Å²) in [5, 5.41) is 0.294. The maximum atomic E-state index is 12.3. The predicted octanol–water partition coefficient (Wildman–Crippen LogP) is 3.52. The Balaban J connectivity index is 2.59. The topological polar surface area (TPSA) is 32.9 Å². The summed E-state index contributed by atoms with van der Waals surface area (Å²) in [5.74, 6) is -1.82. The van der Waals surface area contributed by atoms with Gasteiger partial charge in [-0.05, 0) is 34.7 Å². The number of carbonyl (C=O) groups excluding carboxylic acids is 1. The summed E-state index contributed by atoms with van der Waals surface area (Å²) in [6.45, 7) is 0. The Morgan fingerprint density at radius 2 is 2.00 bits per heavy atom. The van der Waals surface area contributed by atoms with Gasteiger partial charge < -0.3 is 4.98 Å². The van der Waals surface area contributed by atoms with Crippen molar-refractivity contribution in [1.82, 2.24) is 4.98 Å². The Bertz CT molecular complexity index is 559. The number of ketones is 1. The van der Waals surface area contributed by atoms with Crippen LogP contribution in [0.3, 0.4) is 0 Å². The second-order valence-corrected chi connectivity index (χ2v) is 4.46. The Labute approximate surface area is 102 Å². The molecular formula is C10H5F3INO. The van der Waals surface area contributed by atoms with Gasteiger partial charge >= 0.3 is 6.18 Å². The lowest BCUT2D eigenvalue weighted by atomic mass is 10.1. The van der Waals surface area contributed by atoms with Crippen LogP contribution >= 0.6 is 22.6 Å². The molecule has 6 heteroatoms. The summed E-state index contributed by atoms with van der Waals surface area (Å²) in [7, 11) is 0. The van der Waals surface area contributed by atoms with Gasteiger partial charge in [0.2, 0.25) is 0 Å². The smallest absolute Gasteiger partial charge is 0.360 e. The molecule has 0 radical (unpaired) electrons. The third kappa shape index (κ3) is 1.93. The van der Waals surface area contributed by atoms with Gasteiger partial charge in [-0.15, -0.1) is 0 Å². The minimum Gasteiger partial charge on any atom is -0.360 e. The Morgan fingerprint density at radius 1 is 1.31 bits per heavy atom. The second kappa shape index (κ2) is 3.76. The van der Waals surface area contributed by atoms with Gasteiger partial charge in [0.15, 0.2) is 0 Å². The van der Waals surface area contributed by atoms with Gasteiger partial charge in [0.25, 0.3) is 5.78 Å². The molecule has 2 rings (SSSR count). The van der Waals surface area contributed by atoms with E-state index in [9.17, 15) is 18.0 Å². The maximum absolute atomic E-state index is 12.3. The summed E-state index contributed by atoms with van der Waals surface area (Å²) >= 11 is 2.04. The monoisotopic (exact) mass is 339 g/mol. The van der Waals surface area contributed by atoms with Gasteiger partial charge in [0.05, 0.1) is 5.56 Å². The number of H-pyrrole nitrogens is 1. The van der Waals surface area contributed by atoms with Gasteiger partial charge in [-0.2, -0.15) is 13.2 Å². The second-order valence-electron chi connectivity index (χ2n) is 3.22. The van der Waals surface area contributed by atoms with E-state index in [1.165, 1.54) is 6.07 Å². The maximum Gasteiger partial charge on any atom is 0.454 e. The van der Waals surface area contributed by atoms with E-state index in [1.54, 1.807) is 12.1 Å². The van der Waals surface area contributed by atoms with Crippen LogP contribution in [0.15, 0.2) is 24.4 Å². The Morgan fingerprint density at radius 3 is 2.62 bits per heavy atom. The van der Waals surface area contributed by atoms with E-state index in [-0.39, 0.29) is 5.56 Å². The molecule has 2 aromatic rings. The first-order valence-corrected chi connectivity index (χ1v) is 5.35. The number of benzene rings is 1. The molecule has 0 atom stereocenters. The molecule has 0 saturated carbocycles. The number of halogens is 4. The number of carbonyl (C=O) groups is 1. The van der Waals surface area contributed by atoms with Crippen molar-refractivity contribution in [3.8, 4) is 0 Å². The van der Waals surface area contributed by atoms with Crippen LogP contribution in [-0.4, -0.2) is 16.9 Å². The molecular weight excluding hydrogens is 334 g/mol. The first-order valence-electron chi connectivity index (χ1n) is 4.28. The highest BCUT2D eigenvalue weighted by Crippen LogP contribution is 2.27. The van der Waals surface area contributed by atoms with Crippen molar-refractivity contribution in [2.75, 3.05) is 0 Å². The van der Waals surface area contributed by atoms with Crippen LogP contribution in [0.5, 0.6) is 0 Å². The van der Waals surface area contributed by atoms with E-state index in [4.69, 9.17) is 0 Å². The molecule has 0 bridgehead atoms. The van der Waals surface area contributed by atoms with Gasteiger partial charge in [-0.3, -0.25) is 4.79 Å². The number of alkyl halides is 3. The van der Waals surface area contributed by atoms with Gasteiger partial charge in [0, 0.05) is 20.7 Å². The van der Waals surface area contributed by atoms with Crippen LogP contribution in [0.4, 0.5) is 13.2 Å². The van der Waals surface area contributed by atoms with E-state index >= 15 is 0 Å². The van der Waals surface area contributed by atoms with Crippen molar-refractivity contribution in [3.63, 3.8) is 0 Å². The number of aromatic amines is 1. The van der Waals surface area contributed by atoms with Crippen LogP contribution in [0.2, 0.25) is 0 Å². The highest BCUT2D eigenvalue weighted by molar-refractivity contribution is 14.1. The average Bonchev–Trinajstić information content (AvgIpc) is 2.57. The summed E-state index contributed by atoms with van der Waals surface area (Å²) in [6.07, 6.45) is -3.74. The van der Waals surface area contributed by atoms with E-state index in [0.717, 1.165) is 9.77 Å². The number of nitrogens with one attached hydrogen (secondary N) is 1. The normalized spacial score (nSPS) is 12.0. The van der Waals surface area contributed by atoms with Crippen LogP contribution < -0.4 is 0 Å². The summed E-state index contributed by atoms with van der Waals surface area (Å²) in [4.78, 5) is 13.7.